The zero-order chi connectivity index (χ0) is 12.1. The summed E-state index contributed by atoms with van der Waals surface area (Å²) in [5, 5.41) is 0.332. The van der Waals surface area contributed by atoms with Crippen LogP contribution >= 0.6 is 0 Å². The predicted molar refractivity (Wildman–Crippen MR) is 49.2 cm³/mol. The van der Waals surface area contributed by atoms with E-state index in [-0.39, 0.29) is 25.2 Å². The molecular formula is C7H9NO7S. The summed E-state index contributed by atoms with van der Waals surface area (Å²) in [6.07, 6.45) is -1.27. The quantitative estimate of drug-likeness (QED) is 0.404. The van der Waals surface area contributed by atoms with E-state index in [9.17, 15) is 18.6 Å². The standard InChI is InChI=1S/C7H9NO7S/c9-5-1-2-6(10)8(5)15-7(11)14-3-4-16(12)13/h1-4H2,(H,12,13). The Bertz CT molecular complexity index is 326. The second kappa shape index (κ2) is 5.56. The molecule has 1 fully saturated rings. The Morgan fingerprint density at radius 2 is 1.94 bits per heavy atom. The monoisotopic (exact) mass is 251 g/mol. The Kier molecular flexibility index (Phi) is 4.38. The van der Waals surface area contributed by atoms with Crippen molar-refractivity contribution in [2.24, 2.45) is 0 Å². The summed E-state index contributed by atoms with van der Waals surface area (Å²) in [7, 11) is 0. The number of carbonyl (C=O) groups is 3. The summed E-state index contributed by atoms with van der Waals surface area (Å²) >= 11 is -2.08. The molecule has 0 aromatic rings. The van der Waals surface area contributed by atoms with Crippen LogP contribution in [0.3, 0.4) is 0 Å². The van der Waals surface area contributed by atoms with Crippen molar-refractivity contribution in [3.8, 4) is 0 Å². The third-order valence-electron chi connectivity index (χ3n) is 1.65. The molecule has 0 aromatic carbocycles. The number of hydrogen-bond acceptors (Lipinski definition) is 6. The lowest BCUT2D eigenvalue weighted by atomic mass is 10.4. The number of imide groups is 1. The fourth-order valence-electron chi connectivity index (χ4n) is 0.955. The fraction of sp³-hybridized carbons (Fsp3) is 0.571. The Morgan fingerprint density at radius 1 is 1.38 bits per heavy atom. The molecule has 0 aromatic heterocycles. The minimum Gasteiger partial charge on any atom is -0.432 e. The number of amides is 2. The van der Waals surface area contributed by atoms with Gasteiger partial charge in [-0.05, 0) is 0 Å². The van der Waals surface area contributed by atoms with Gasteiger partial charge in [-0.25, -0.2) is 9.00 Å². The van der Waals surface area contributed by atoms with Gasteiger partial charge in [-0.2, -0.15) is 0 Å². The molecule has 1 atom stereocenters. The first-order valence-corrected chi connectivity index (χ1v) is 5.56. The molecule has 1 heterocycles. The van der Waals surface area contributed by atoms with E-state index < -0.39 is 29.1 Å². The van der Waals surface area contributed by atoms with Gasteiger partial charge in [0.05, 0.1) is 5.75 Å². The van der Waals surface area contributed by atoms with E-state index in [1.807, 2.05) is 0 Å². The van der Waals surface area contributed by atoms with E-state index in [1.165, 1.54) is 0 Å². The first kappa shape index (κ1) is 12.6. The average molecular weight is 251 g/mol. The maximum atomic E-state index is 11.0. The highest BCUT2D eigenvalue weighted by Gasteiger charge is 2.33. The molecule has 1 N–H and O–H groups in total. The second-order valence-electron chi connectivity index (χ2n) is 2.80. The van der Waals surface area contributed by atoms with E-state index in [1.54, 1.807) is 0 Å². The molecule has 1 aliphatic rings. The minimum atomic E-state index is -2.08. The number of carbonyl (C=O) groups excluding carboxylic acids is 3. The summed E-state index contributed by atoms with van der Waals surface area (Å²) in [4.78, 5) is 37.2. The third-order valence-corrected chi connectivity index (χ3v) is 2.17. The Labute approximate surface area is 92.7 Å². The Balaban J connectivity index is 2.31. The van der Waals surface area contributed by atoms with Gasteiger partial charge in [0.25, 0.3) is 11.8 Å². The highest BCUT2D eigenvalue weighted by atomic mass is 32.2. The molecule has 1 unspecified atom stereocenters. The lowest BCUT2D eigenvalue weighted by molar-refractivity contribution is -0.176. The highest BCUT2D eigenvalue weighted by molar-refractivity contribution is 7.79. The third kappa shape index (κ3) is 3.59. The molecule has 0 bridgehead atoms. The van der Waals surface area contributed by atoms with Crippen molar-refractivity contribution in [3.63, 3.8) is 0 Å². The molecule has 0 aliphatic carbocycles. The van der Waals surface area contributed by atoms with E-state index in [0.29, 0.717) is 5.06 Å². The number of ether oxygens (including phenoxy) is 1. The normalized spacial score (nSPS) is 17.4. The topological polar surface area (TPSA) is 110 Å². The van der Waals surface area contributed by atoms with Crippen molar-refractivity contribution in [1.29, 1.82) is 0 Å². The van der Waals surface area contributed by atoms with Crippen LogP contribution in [-0.2, 0) is 30.2 Å². The summed E-state index contributed by atoms with van der Waals surface area (Å²) < 4.78 is 22.9. The maximum Gasteiger partial charge on any atom is 0.533 e. The van der Waals surface area contributed by atoms with Crippen LogP contribution in [-0.4, -0.2) is 44.2 Å². The zero-order valence-corrected chi connectivity index (χ0v) is 8.90. The SMILES string of the molecule is O=C(OCCS(=O)O)ON1C(=O)CCC1=O. The minimum absolute atomic E-state index is 0.00717. The molecule has 0 saturated carbocycles. The largest absolute Gasteiger partial charge is 0.533 e. The molecule has 0 radical (unpaired) electrons. The smallest absolute Gasteiger partial charge is 0.432 e. The van der Waals surface area contributed by atoms with Gasteiger partial charge in [0.15, 0.2) is 11.1 Å². The molecular weight excluding hydrogens is 242 g/mol. The van der Waals surface area contributed by atoms with Gasteiger partial charge in [-0.15, -0.1) is 0 Å². The summed E-state index contributed by atoms with van der Waals surface area (Å²) in [5.41, 5.74) is 0. The van der Waals surface area contributed by atoms with Crippen LogP contribution in [0.4, 0.5) is 4.79 Å². The number of hydrogen-bond donors (Lipinski definition) is 1. The van der Waals surface area contributed by atoms with Crippen LogP contribution < -0.4 is 0 Å². The predicted octanol–water partition coefficient (Wildman–Crippen LogP) is -0.575. The molecule has 1 aliphatic heterocycles. The molecule has 8 nitrogen and oxygen atoms in total. The lowest BCUT2D eigenvalue weighted by Crippen LogP contribution is -2.32. The van der Waals surface area contributed by atoms with Crippen LogP contribution in [0.25, 0.3) is 0 Å². The first-order chi connectivity index (χ1) is 7.50. The lowest BCUT2D eigenvalue weighted by Gasteiger charge is -2.11. The molecule has 90 valence electrons. The van der Waals surface area contributed by atoms with Crippen molar-refractivity contribution < 1.29 is 32.7 Å². The van der Waals surface area contributed by atoms with Crippen molar-refractivity contribution in [2.75, 3.05) is 12.4 Å². The van der Waals surface area contributed by atoms with Gasteiger partial charge in [-0.1, -0.05) is 5.06 Å². The van der Waals surface area contributed by atoms with E-state index in [4.69, 9.17) is 4.55 Å². The maximum absolute atomic E-state index is 11.0. The van der Waals surface area contributed by atoms with Gasteiger partial charge in [0.2, 0.25) is 0 Å². The molecule has 9 heteroatoms. The van der Waals surface area contributed by atoms with Crippen LogP contribution in [0.2, 0.25) is 0 Å². The van der Waals surface area contributed by atoms with Crippen molar-refractivity contribution in [3.05, 3.63) is 0 Å². The molecule has 0 spiro atoms. The average Bonchev–Trinajstić information content (AvgIpc) is 2.49. The van der Waals surface area contributed by atoms with Gasteiger partial charge in [-0.3, -0.25) is 14.4 Å². The van der Waals surface area contributed by atoms with Crippen molar-refractivity contribution >= 4 is 29.1 Å². The van der Waals surface area contributed by atoms with E-state index in [2.05, 4.69) is 9.57 Å². The van der Waals surface area contributed by atoms with Gasteiger partial charge < -0.3 is 9.29 Å². The Morgan fingerprint density at radius 3 is 2.44 bits per heavy atom. The zero-order valence-electron chi connectivity index (χ0n) is 8.08. The second-order valence-corrected chi connectivity index (χ2v) is 3.85. The Hall–Kier alpha value is -1.48. The molecule has 2 amide bonds. The summed E-state index contributed by atoms with van der Waals surface area (Å²) in [6, 6.07) is 0. The van der Waals surface area contributed by atoms with Crippen LogP contribution in [0.1, 0.15) is 12.8 Å². The number of rotatable bonds is 4. The number of hydroxylamine groups is 2. The molecule has 1 rings (SSSR count). The van der Waals surface area contributed by atoms with Crippen molar-refractivity contribution in [1.82, 2.24) is 5.06 Å². The van der Waals surface area contributed by atoms with Gasteiger partial charge in [0, 0.05) is 12.8 Å². The van der Waals surface area contributed by atoms with Gasteiger partial charge >= 0.3 is 6.16 Å². The first-order valence-electron chi connectivity index (χ1n) is 4.28. The number of nitrogens with zero attached hydrogens (tertiary/aromatic N) is 1. The molecule has 1 saturated heterocycles. The fourth-order valence-corrected chi connectivity index (χ4v) is 1.18. The van der Waals surface area contributed by atoms with Crippen LogP contribution in [0.15, 0.2) is 0 Å². The highest BCUT2D eigenvalue weighted by Crippen LogP contribution is 2.12. The summed E-state index contributed by atoms with van der Waals surface area (Å²) in [6.45, 7) is -0.335. The van der Waals surface area contributed by atoms with Crippen LogP contribution in [0.5, 0.6) is 0 Å². The van der Waals surface area contributed by atoms with E-state index >= 15 is 0 Å². The van der Waals surface area contributed by atoms with Crippen molar-refractivity contribution in [2.45, 2.75) is 12.8 Å². The summed E-state index contributed by atoms with van der Waals surface area (Å²) in [5.74, 6) is -1.50. The van der Waals surface area contributed by atoms with Gasteiger partial charge in [0.1, 0.15) is 6.61 Å². The molecule has 16 heavy (non-hydrogen) atoms. The van der Waals surface area contributed by atoms with Crippen LogP contribution in [0, 0.1) is 0 Å². The van der Waals surface area contributed by atoms with E-state index in [0.717, 1.165) is 0 Å².